The zero-order chi connectivity index (χ0) is 17.1. The second-order valence-corrected chi connectivity index (χ2v) is 5.82. The second kappa shape index (κ2) is 6.59. The summed E-state index contributed by atoms with van der Waals surface area (Å²) in [5, 5.41) is 10.5. The molecule has 0 bridgehead atoms. The third-order valence-electron chi connectivity index (χ3n) is 4.14. The molecule has 0 fully saturated rings. The first-order valence-corrected chi connectivity index (χ1v) is 7.76. The lowest BCUT2D eigenvalue weighted by atomic mass is 10.0. The van der Waals surface area contributed by atoms with Crippen molar-refractivity contribution in [2.45, 2.75) is 12.8 Å². The van der Waals surface area contributed by atoms with Crippen LogP contribution >= 0.6 is 0 Å². The van der Waals surface area contributed by atoms with E-state index in [-0.39, 0.29) is 12.4 Å². The van der Waals surface area contributed by atoms with E-state index >= 15 is 0 Å². The monoisotopic (exact) mass is 318 g/mol. The largest absolute Gasteiger partial charge is 0.486 e. The first-order valence-electron chi connectivity index (χ1n) is 7.76. The predicted octanol–water partition coefficient (Wildman–Crippen LogP) is 3.74. The first-order chi connectivity index (χ1) is 11.6. The van der Waals surface area contributed by atoms with Gasteiger partial charge in [-0.3, -0.25) is 4.79 Å². The van der Waals surface area contributed by atoms with Crippen LogP contribution in [0.3, 0.4) is 0 Å². The van der Waals surface area contributed by atoms with E-state index in [9.17, 15) is 10.1 Å². The highest BCUT2D eigenvalue weighted by Gasteiger charge is 2.24. The number of ether oxygens (including phenoxy) is 1. The molecule has 2 aromatic carbocycles. The number of fused-ring (bicyclic) bond motifs is 1. The van der Waals surface area contributed by atoms with Gasteiger partial charge in [0, 0.05) is 18.3 Å². The maximum absolute atomic E-state index is 12.5. The number of rotatable bonds is 5. The highest BCUT2D eigenvalue weighted by atomic mass is 16.5. The van der Waals surface area contributed by atoms with Crippen molar-refractivity contribution in [3.63, 3.8) is 0 Å². The molecule has 4 heteroatoms. The quantitative estimate of drug-likeness (QED) is 0.720. The summed E-state index contributed by atoms with van der Waals surface area (Å²) in [5.74, 6) is -0.459. The van der Waals surface area contributed by atoms with Crippen molar-refractivity contribution in [2.75, 3.05) is 6.61 Å². The van der Waals surface area contributed by atoms with Crippen molar-refractivity contribution in [1.29, 1.82) is 5.26 Å². The predicted molar refractivity (Wildman–Crippen MR) is 93.0 cm³/mol. The highest BCUT2D eigenvalue weighted by molar-refractivity contribution is 5.91. The average Bonchev–Trinajstić information content (AvgIpc) is 2.92. The van der Waals surface area contributed by atoms with Gasteiger partial charge in [-0.25, -0.2) is 0 Å². The van der Waals surface area contributed by atoms with Crippen LogP contribution in [0.15, 0.2) is 54.6 Å². The molecule has 24 heavy (non-hydrogen) atoms. The number of nitrogens with zero attached hydrogens (tertiary/aromatic N) is 2. The maximum atomic E-state index is 12.5. The molecule has 4 nitrogen and oxygen atoms in total. The van der Waals surface area contributed by atoms with Gasteiger partial charge >= 0.3 is 0 Å². The van der Waals surface area contributed by atoms with Gasteiger partial charge in [0.25, 0.3) is 0 Å². The van der Waals surface area contributed by atoms with Crippen LogP contribution in [0.5, 0.6) is 5.75 Å². The molecular weight excluding hydrogens is 300 g/mol. The van der Waals surface area contributed by atoms with Crippen molar-refractivity contribution in [3.8, 4) is 11.8 Å². The minimum absolute atomic E-state index is 0.122. The zero-order valence-corrected chi connectivity index (χ0v) is 13.7. The Morgan fingerprint density at radius 2 is 1.92 bits per heavy atom. The van der Waals surface area contributed by atoms with E-state index < -0.39 is 5.92 Å². The van der Waals surface area contributed by atoms with Crippen LogP contribution in [-0.4, -0.2) is 17.0 Å². The SMILES string of the molecule is Cc1ccc(OCC(=O)C(C#N)c2cc3ccccc3n2C)cc1. The van der Waals surface area contributed by atoms with E-state index in [1.165, 1.54) is 0 Å². The topological polar surface area (TPSA) is 55.0 Å². The molecule has 0 aliphatic rings. The molecule has 0 aliphatic carbocycles. The van der Waals surface area contributed by atoms with E-state index in [0.29, 0.717) is 11.4 Å². The summed E-state index contributed by atoms with van der Waals surface area (Å²) in [7, 11) is 1.87. The molecule has 0 aliphatic heterocycles. The Morgan fingerprint density at radius 3 is 2.58 bits per heavy atom. The van der Waals surface area contributed by atoms with E-state index in [1.54, 1.807) is 0 Å². The minimum atomic E-state index is -0.840. The lowest BCUT2D eigenvalue weighted by molar-refractivity contribution is -0.121. The number of ketones is 1. The molecule has 120 valence electrons. The number of Topliss-reactive ketones (excluding diaryl/α,β-unsaturated/α-hetero) is 1. The van der Waals surface area contributed by atoms with Crippen molar-refractivity contribution >= 4 is 16.7 Å². The molecule has 0 N–H and O–H groups in total. The average molecular weight is 318 g/mol. The number of para-hydroxylation sites is 1. The summed E-state index contributed by atoms with van der Waals surface area (Å²) < 4.78 is 7.43. The molecule has 0 spiro atoms. The lowest BCUT2D eigenvalue weighted by Gasteiger charge is -2.11. The van der Waals surface area contributed by atoms with Gasteiger partial charge in [0.15, 0.2) is 5.78 Å². The Kier molecular flexibility index (Phi) is 4.35. The fraction of sp³-hybridized carbons (Fsp3) is 0.200. The van der Waals surface area contributed by atoms with Crippen molar-refractivity contribution in [2.24, 2.45) is 7.05 Å². The highest BCUT2D eigenvalue weighted by Crippen LogP contribution is 2.25. The number of carbonyl (C=O) groups is 1. The molecule has 1 aromatic heterocycles. The summed E-state index contributed by atoms with van der Waals surface area (Å²) >= 11 is 0. The van der Waals surface area contributed by atoms with Crippen LogP contribution in [0.1, 0.15) is 17.2 Å². The van der Waals surface area contributed by atoms with E-state index in [1.807, 2.05) is 73.1 Å². The Bertz CT molecular complexity index is 917. The standard InChI is InChI=1S/C20H18N2O2/c1-14-7-9-16(10-8-14)24-13-20(23)17(12-21)19-11-15-5-3-4-6-18(15)22(19)2/h3-11,17H,13H2,1-2H3. The van der Waals surface area contributed by atoms with Gasteiger partial charge in [-0.15, -0.1) is 0 Å². The number of aromatic nitrogens is 1. The summed E-state index contributed by atoms with van der Waals surface area (Å²) in [6, 6.07) is 19.3. The Labute approximate surface area is 140 Å². The Balaban J connectivity index is 1.80. The molecule has 0 saturated carbocycles. The van der Waals surface area contributed by atoms with Gasteiger partial charge in [0.05, 0.1) is 6.07 Å². The lowest BCUT2D eigenvalue weighted by Crippen LogP contribution is -2.20. The van der Waals surface area contributed by atoms with E-state index in [2.05, 4.69) is 6.07 Å². The number of nitriles is 1. The third kappa shape index (κ3) is 3.02. The molecule has 0 radical (unpaired) electrons. The number of benzene rings is 2. The normalized spacial score (nSPS) is 11.9. The van der Waals surface area contributed by atoms with Crippen LogP contribution in [0, 0.1) is 18.3 Å². The zero-order valence-electron chi connectivity index (χ0n) is 13.7. The molecule has 1 atom stereocenters. The van der Waals surface area contributed by atoms with E-state index in [0.717, 1.165) is 16.5 Å². The van der Waals surface area contributed by atoms with Gasteiger partial charge < -0.3 is 9.30 Å². The third-order valence-corrected chi connectivity index (χ3v) is 4.14. The number of aryl methyl sites for hydroxylation is 2. The van der Waals surface area contributed by atoms with Crippen LogP contribution in [0.2, 0.25) is 0 Å². The Hall–Kier alpha value is -3.06. The molecule has 3 aromatic rings. The van der Waals surface area contributed by atoms with E-state index in [4.69, 9.17) is 4.74 Å². The van der Waals surface area contributed by atoms with Crippen LogP contribution in [0.4, 0.5) is 0 Å². The fourth-order valence-corrected chi connectivity index (χ4v) is 2.76. The summed E-state index contributed by atoms with van der Waals surface area (Å²) in [6.07, 6.45) is 0. The van der Waals surface area contributed by atoms with Crippen molar-refractivity contribution in [1.82, 2.24) is 4.57 Å². The van der Waals surface area contributed by atoms with Gasteiger partial charge in [0.2, 0.25) is 0 Å². The molecule has 0 saturated heterocycles. The number of hydrogen-bond donors (Lipinski definition) is 0. The van der Waals surface area contributed by atoms with Crippen LogP contribution in [0.25, 0.3) is 10.9 Å². The minimum Gasteiger partial charge on any atom is -0.486 e. The molecule has 1 unspecified atom stereocenters. The van der Waals surface area contributed by atoms with Crippen molar-refractivity contribution in [3.05, 3.63) is 65.9 Å². The second-order valence-electron chi connectivity index (χ2n) is 5.82. The Morgan fingerprint density at radius 1 is 1.21 bits per heavy atom. The molecule has 0 amide bonds. The van der Waals surface area contributed by atoms with Crippen molar-refractivity contribution < 1.29 is 9.53 Å². The summed E-state index contributed by atoms with van der Waals surface area (Å²) in [6.45, 7) is 1.86. The van der Waals surface area contributed by atoms with Gasteiger partial charge in [-0.1, -0.05) is 35.9 Å². The summed E-state index contributed by atoms with van der Waals surface area (Å²) in [5.41, 5.74) is 2.82. The number of hydrogen-bond acceptors (Lipinski definition) is 3. The molecule has 1 heterocycles. The fourth-order valence-electron chi connectivity index (χ4n) is 2.76. The van der Waals surface area contributed by atoms with Gasteiger partial charge in [-0.2, -0.15) is 5.26 Å². The van der Waals surface area contributed by atoms with Crippen LogP contribution < -0.4 is 4.74 Å². The smallest absolute Gasteiger partial charge is 0.193 e. The maximum Gasteiger partial charge on any atom is 0.193 e. The summed E-state index contributed by atoms with van der Waals surface area (Å²) in [4.78, 5) is 12.5. The first kappa shape index (κ1) is 15.8. The molecular formula is C20H18N2O2. The van der Waals surface area contributed by atoms with Gasteiger partial charge in [-0.05, 0) is 36.6 Å². The van der Waals surface area contributed by atoms with Gasteiger partial charge in [0.1, 0.15) is 18.3 Å². The number of carbonyl (C=O) groups excluding carboxylic acids is 1. The molecule has 3 rings (SSSR count). The van der Waals surface area contributed by atoms with Crippen LogP contribution in [-0.2, 0) is 11.8 Å².